The lowest BCUT2D eigenvalue weighted by atomic mass is 9.90. The summed E-state index contributed by atoms with van der Waals surface area (Å²) in [6.45, 7) is 1.90. The third kappa shape index (κ3) is 5.51. The maximum Gasteiger partial charge on any atom is 0.324 e. The smallest absolute Gasteiger partial charge is 0.324 e. The molecule has 0 aliphatic carbocycles. The molecule has 1 aromatic carbocycles. The lowest BCUT2D eigenvalue weighted by Crippen LogP contribution is -2.47. The lowest BCUT2D eigenvalue weighted by molar-refractivity contribution is -0.144. The minimum absolute atomic E-state index is 0.141. The average Bonchev–Trinajstić information content (AvgIpc) is 2.71. The van der Waals surface area contributed by atoms with Crippen molar-refractivity contribution in [2.45, 2.75) is 30.8 Å². The highest BCUT2D eigenvalue weighted by atomic mass is 32.2. The Morgan fingerprint density at radius 1 is 1.15 bits per heavy atom. The van der Waals surface area contributed by atoms with Gasteiger partial charge in [-0.3, -0.25) is 4.79 Å². The van der Waals surface area contributed by atoms with Gasteiger partial charge < -0.3 is 9.47 Å². The van der Waals surface area contributed by atoms with Gasteiger partial charge in [-0.1, -0.05) is 31.5 Å². The van der Waals surface area contributed by atoms with E-state index in [1.807, 2.05) is 31.2 Å². The number of esters is 1. The summed E-state index contributed by atoms with van der Waals surface area (Å²) in [7, 11) is -1.13. The second-order valence-electron chi connectivity index (χ2n) is 6.01. The van der Waals surface area contributed by atoms with Crippen LogP contribution in [0.4, 0.5) is 0 Å². The first-order valence-electron chi connectivity index (χ1n) is 8.55. The Morgan fingerprint density at radius 3 is 2.37 bits per heavy atom. The molecule has 0 saturated carbocycles. The first-order chi connectivity index (χ1) is 12.9. The van der Waals surface area contributed by atoms with Crippen LogP contribution in [0.25, 0.3) is 0 Å². The summed E-state index contributed by atoms with van der Waals surface area (Å²) in [5.74, 6) is -0.189. The van der Waals surface area contributed by atoms with Crippen molar-refractivity contribution >= 4 is 16.0 Å². The Balaban J connectivity index is 2.25. The van der Waals surface area contributed by atoms with Gasteiger partial charge in [0.05, 0.1) is 14.2 Å². The first-order valence-corrected chi connectivity index (χ1v) is 10.0. The van der Waals surface area contributed by atoms with Crippen LogP contribution in [0.3, 0.4) is 0 Å². The van der Waals surface area contributed by atoms with Crippen molar-refractivity contribution in [3.8, 4) is 5.75 Å². The van der Waals surface area contributed by atoms with E-state index in [1.165, 1.54) is 19.4 Å². The van der Waals surface area contributed by atoms with Gasteiger partial charge in [0.2, 0.25) is 0 Å². The highest BCUT2D eigenvalue weighted by Gasteiger charge is 2.33. The van der Waals surface area contributed by atoms with Crippen molar-refractivity contribution in [1.29, 1.82) is 0 Å². The summed E-state index contributed by atoms with van der Waals surface area (Å²) in [6, 6.07) is 11.0. The molecule has 0 bridgehead atoms. The number of carbonyl (C=O) groups is 1. The molecule has 7 nitrogen and oxygen atoms in total. The van der Waals surface area contributed by atoms with Gasteiger partial charge in [-0.15, -0.1) is 0 Å². The number of carbonyl (C=O) groups excluding carboxylic acids is 1. The van der Waals surface area contributed by atoms with E-state index >= 15 is 0 Å². The fourth-order valence-electron chi connectivity index (χ4n) is 2.76. The highest BCUT2D eigenvalue weighted by molar-refractivity contribution is 7.89. The molecule has 1 N–H and O–H groups in total. The van der Waals surface area contributed by atoms with Crippen molar-refractivity contribution in [1.82, 2.24) is 9.71 Å². The molecule has 0 radical (unpaired) electrons. The fraction of sp³-hybridized carbons (Fsp3) is 0.368. The van der Waals surface area contributed by atoms with Crippen LogP contribution in [0.2, 0.25) is 0 Å². The first kappa shape index (κ1) is 20.9. The van der Waals surface area contributed by atoms with Crippen LogP contribution in [0.15, 0.2) is 53.7 Å². The van der Waals surface area contributed by atoms with E-state index in [2.05, 4.69) is 9.71 Å². The van der Waals surface area contributed by atoms with E-state index < -0.39 is 22.0 Å². The number of pyridine rings is 1. The zero-order chi connectivity index (χ0) is 19.9. The topological polar surface area (TPSA) is 94.6 Å². The molecule has 2 aromatic rings. The summed E-state index contributed by atoms with van der Waals surface area (Å²) in [6.07, 6.45) is 2.47. The zero-order valence-electron chi connectivity index (χ0n) is 15.6. The summed E-state index contributed by atoms with van der Waals surface area (Å²) in [4.78, 5) is 16.2. The number of benzene rings is 1. The van der Waals surface area contributed by atoms with Crippen molar-refractivity contribution in [3.05, 3.63) is 54.2 Å². The van der Waals surface area contributed by atoms with Crippen LogP contribution >= 0.6 is 0 Å². The van der Waals surface area contributed by atoms with Gasteiger partial charge >= 0.3 is 5.97 Å². The largest absolute Gasteiger partial charge is 0.497 e. The van der Waals surface area contributed by atoms with Gasteiger partial charge in [0, 0.05) is 6.20 Å². The van der Waals surface area contributed by atoms with Crippen LogP contribution in [-0.4, -0.2) is 39.6 Å². The van der Waals surface area contributed by atoms with Crippen molar-refractivity contribution in [2.24, 2.45) is 5.92 Å². The normalized spacial score (nSPS) is 13.6. The molecular formula is C19H24N2O5S. The molecule has 8 heteroatoms. The van der Waals surface area contributed by atoms with Gasteiger partial charge in [0.25, 0.3) is 10.0 Å². The summed E-state index contributed by atoms with van der Waals surface area (Å²) in [5.41, 5.74) is 0.966. The lowest BCUT2D eigenvalue weighted by Gasteiger charge is -2.25. The predicted octanol–water partition coefficient (Wildman–Crippen LogP) is 2.18. The molecule has 0 unspecified atom stereocenters. The van der Waals surface area contributed by atoms with Gasteiger partial charge in [0.15, 0.2) is 5.03 Å². The Labute approximate surface area is 159 Å². The zero-order valence-corrected chi connectivity index (χ0v) is 16.4. The summed E-state index contributed by atoms with van der Waals surface area (Å²) >= 11 is 0. The second kappa shape index (κ2) is 9.48. The van der Waals surface area contributed by atoms with E-state index in [0.717, 1.165) is 11.3 Å². The third-order valence-corrected chi connectivity index (χ3v) is 5.66. The molecule has 2 atom stereocenters. The minimum Gasteiger partial charge on any atom is -0.497 e. The number of hydrogen-bond acceptors (Lipinski definition) is 6. The molecule has 0 saturated heterocycles. The maximum absolute atomic E-state index is 12.6. The van der Waals surface area contributed by atoms with Gasteiger partial charge in [-0.25, -0.2) is 13.4 Å². The minimum atomic E-state index is -3.95. The Bertz CT molecular complexity index is 838. The molecule has 0 spiro atoms. The molecule has 0 aliphatic rings. The third-order valence-electron chi connectivity index (χ3n) is 4.30. The molecule has 27 heavy (non-hydrogen) atoms. The van der Waals surface area contributed by atoms with E-state index in [4.69, 9.17) is 9.47 Å². The van der Waals surface area contributed by atoms with E-state index in [0.29, 0.717) is 12.8 Å². The fourth-order valence-corrected chi connectivity index (χ4v) is 3.96. The average molecular weight is 392 g/mol. The SMILES string of the molecule is CC[C@@H](Cc1ccc(OC)cc1)[C@H](NS(=O)(=O)c1ccccn1)C(=O)OC. The van der Waals surface area contributed by atoms with Crippen LogP contribution < -0.4 is 9.46 Å². The van der Waals surface area contributed by atoms with Crippen LogP contribution in [-0.2, 0) is 26.0 Å². The molecule has 0 amide bonds. The number of nitrogens with zero attached hydrogens (tertiary/aromatic N) is 1. The number of ether oxygens (including phenoxy) is 2. The molecule has 146 valence electrons. The standard InChI is InChI=1S/C19H24N2O5S/c1-4-15(13-14-8-10-16(25-2)11-9-14)18(19(22)26-3)21-27(23,24)17-7-5-6-12-20-17/h5-12,15,18,21H,4,13H2,1-3H3/t15-,18-/m0/s1. The Hall–Kier alpha value is -2.45. The summed E-state index contributed by atoms with van der Waals surface area (Å²) in [5, 5.41) is -0.141. The number of methoxy groups -OCH3 is 2. The molecule has 2 rings (SSSR count). The van der Waals surface area contributed by atoms with Crippen LogP contribution in [0.5, 0.6) is 5.75 Å². The Kier molecular flexibility index (Phi) is 7.32. The maximum atomic E-state index is 12.6. The van der Waals surface area contributed by atoms with Crippen LogP contribution in [0, 0.1) is 5.92 Å². The van der Waals surface area contributed by atoms with Gasteiger partial charge in [-0.05, 0) is 42.2 Å². The number of nitrogens with one attached hydrogen (secondary N) is 1. The number of sulfonamides is 1. The Morgan fingerprint density at radius 2 is 1.85 bits per heavy atom. The molecule has 1 aromatic heterocycles. The second-order valence-corrected chi connectivity index (χ2v) is 7.67. The van der Waals surface area contributed by atoms with E-state index in [9.17, 15) is 13.2 Å². The molecule has 0 fully saturated rings. The van der Waals surface area contributed by atoms with Gasteiger partial charge in [-0.2, -0.15) is 4.72 Å². The van der Waals surface area contributed by atoms with Crippen molar-refractivity contribution in [3.63, 3.8) is 0 Å². The van der Waals surface area contributed by atoms with Crippen LogP contribution in [0.1, 0.15) is 18.9 Å². The number of rotatable bonds is 9. The molecule has 1 heterocycles. The number of aromatic nitrogens is 1. The van der Waals surface area contributed by atoms with E-state index in [-0.39, 0.29) is 10.9 Å². The molecular weight excluding hydrogens is 368 g/mol. The quantitative estimate of drug-likeness (QED) is 0.657. The van der Waals surface area contributed by atoms with Gasteiger partial charge in [0.1, 0.15) is 11.8 Å². The van der Waals surface area contributed by atoms with Crippen molar-refractivity contribution in [2.75, 3.05) is 14.2 Å². The number of hydrogen-bond donors (Lipinski definition) is 1. The van der Waals surface area contributed by atoms with E-state index in [1.54, 1.807) is 19.2 Å². The predicted molar refractivity (Wildman–Crippen MR) is 101 cm³/mol. The molecule has 0 aliphatic heterocycles. The summed E-state index contributed by atoms with van der Waals surface area (Å²) < 4.78 is 37.7. The highest BCUT2D eigenvalue weighted by Crippen LogP contribution is 2.21. The monoisotopic (exact) mass is 392 g/mol. The van der Waals surface area contributed by atoms with Crippen molar-refractivity contribution < 1.29 is 22.7 Å².